The van der Waals surface area contributed by atoms with Gasteiger partial charge in [-0.2, -0.15) is 0 Å². The molecule has 1 aromatic heterocycles. The molecule has 0 radical (unpaired) electrons. The van der Waals surface area contributed by atoms with Crippen LogP contribution in [0.4, 0.5) is 0 Å². The Morgan fingerprint density at radius 2 is 0.933 bits per heavy atom. The van der Waals surface area contributed by atoms with Gasteiger partial charge in [-0.25, -0.2) is 4.98 Å². The van der Waals surface area contributed by atoms with Crippen LogP contribution in [0.25, 0.3) is 88.2 Å². The van der Waals surface area contributed by atoms with E-state index < -0.39 is 0 Å². The van der Waals surface area contributed by atoms with Gasteiger partial charge in [-0.3, -0.25) is 0 Å². The van der Waals surface area contributed by atoms with Crippen molar-refractivity contribution >= 4 is 32.4 Å². The zero-order valence-electron chi connectivity index (χ0n) is 25.4. The fourth-order valence-electron chi connectivity index (χ4n) is 7.65. The molecular formula is C44H31N. The first-order valence-electron chi connectivity index (χ1n) is 15.8. The molecule has 0 saturated carbocycles. The summed E-state index contributed by atoms with van der Waals surface area (Å²) in [6.07, 6.45) is 0. The molecule has 1 nitrogen and oxygen atoms in total. The van der Waals surface area contributed by atoms with E-state index in [0.29, 0.717) is 5.92 Å². The number of hydrogen-bond donors (Lipinski definition) is 0. The highest BCUT2D eigenvalue weighted by atomic mass is 14.7. The molecule has 8 aromatic rings. The number of para-hydroxylation sites is 1. The molecule has 0 amide bonds. The van der Waals surface area contributed by atoms with E-state index in [4.69, 9.17) is 4.98 Å². The Hall–Kier alpha value is -5.53. The second kappa shape index (κ2) is 10.0. The van der Waals surface area contributed by atoms with Crippen LogP contribution >= 0.6 is 0 Å². The SMILES string of the molecule is CC(C)c1cc(-c2ccc3c4c(cccc24)-c2c-3c(-c3ccccc3)c3ccccc3c2-c2ccccc2)nc2ccccc12. The predicted molar refractivity (Wildman–Crippen MR) is 192 cm³/mol. The number of pyridine rings is 1. The van der Waals surface area contributed by atoms with E-state index in [1.807, 2.05) is 0 Å². The van der Waals surface area contributed by atoms with Gasteiger partial charge in [0.05, 0.1) is 11.2 Å². The highest BCUT2D eigenvalue weighted by Gasteiger charge is 2.31. The number of benzene rings is 7. The molecule has 1 aliphatic carbocycles. The van der Waals surface area contributed by atoms with E-state index >= 15 is 0 Å². The van der Waals surface area contributed by atoms with E-state index in [1.54, 1.807) is 0 Å². The number of aromatic nitrogens is 1. The summed E-state index contributed by atoms with van der Waals surface area (Å²) in [6, 6.07) is 53.2. The second-order valence-electron chi connectivity index (χ2n) is 12.4. The van der Waals surface area contributed by atoms with Gasteiger partial charge >= 0.3 is 0 Å². The Morgan fingerprint density at radius 3 is 1.56 bits per heavy atom. The van der Waals surface area contributed by atoms with Crippen molar-refractivity contribution in [2.24, 2.45) is 0 Å². The van der Waals surface area contributed by atoms with Gasteiger partial charge in [0.15, 0.2) is 0 Å². The summed E-state index contributed by atoms with van der Waals surface area (Å²) >= 11 is 0. The summed E-state index contributed by atoms with van der Waals surface area (Å²) in [5.74, 6) is 0.395. The van der Waals surface area contributed by atoms with E-state index in [2.05, 4.69) is 159 Å². The van der Waals surface area contributed by atoms with Crippen LogP contribution in [0, 0.1) is 0 Å². The van der Waals surface area contributed by atoms with E-state index in [1.165, 1.54) is 82.6 Å². The average molecular weight is 574 g/mol. The summed E-state index contributed by atoms with van der Waals surface area (Å²) in [5, 5.41) is 6.37. The van der Waals surface area contributed by atoms with Crippen LogP contribution in [0.3, 0.4) is 0 Å². The van der Waals surface area contributed by atoms with Crippen LogP contribution in [0.5, 0.6) is 0 Å². The zero-order valence-corrected chi connectivity index (χ0v) is 25.4. The highest BCUT2D eigenvalue weighted by Crippen LogP contribution is 2.58. The molecule has 1 heteroatoms. The van der Waals surface area contributed by atoms with Crippen molar-refractivity contribution in [2.75, 3.05) is 0 Å². The summed E-state index contributed by atoms with van der Waals surface area (Å²) in [5.41, 5.74) is 14.9. The number of hydrogen-bond acceptors (Lipinski definition) is 1. The maximum atomic E-state index is 5.24. The normalized spacial score (nSPS) is 12.0. The topological polar surface area (TPSA) is 12.9 Å². The van der Waals surface area contributed by atoms with Crippen LogP contribution in [-0.2, 0) is 0 Å². The average Bonchev–Trinajstić information content (AvgIpc) is 3.42. The molecular weight excluding hydrogens is 542 g/mol. The zero-order chi connectivity index (χ0) is 30.1. The predicted octanol–water partition coefficient (Wildman–Crippen LogP) is 12.3. The lowest BCUT2D eigenvalue weighted by molar-refractivity contribution is 0.875. The van der Waals surface area contributed by atoms with Crippen molar-refractivity contribution in [3.05, 3.63) is 151 Å². The van der Waals surface area contributed by atoms with Gasteiger partial charge in [-0.1, -0.05) is 147 Å². The second-order valence-corrected chi connectivity index (χ2v) is 12.4. The molecule has 1 aliphatic rings. The van der Waals surface area contributed by atoms with Gasteiger partial charge < -0.3 is 0 Å². The van der Waals surface area contributed by atoms with E-state index in [9.17, 15) is 0 Å². The van der Waals surface area contributed by atoms with Crippen molar-refractivity contribution < 1.29 is 0 Å². The molecule has 0 atom stereocenters. The molecule has 45 heavy (non-hydrogen) atoms. The Bertz CT molecular complexity index is 2340. The summed E-state index contributed by atoms with van der Waals surface area (Å²) in [4.78, 5) is 5.24. The Kier molecular flexibility index (Phi) is 5.76. The standard InChI is InChI=1S/C44H31N/c1-27(2)37-26-39(45-38-23-12-11-18-30(37)38)31-24-25-36-42-32(31)21-13-22-35(42)43-40(28-14-5-3-6-15-28)33-19-9-10-20-34(33)41(44(36)43)29-16-7-4-8-17-29/h3-27H,1-2H3. The van der Waals surface area contributed by atoms with Crippen molar-refractivity contribution in [3.8, 4) is 55.8 Å². The van der Waals surface area contributed by atoms with Crippen LogP contribution in [0.1, 0.15) is 25.3 Å². The third-order valence-electron chi connectivity index (χ3n) is 9.57. The van der Waals surface area contributed by atoms with Crippen molar-refractivity contribution in [1.82, 2.24) is 4.98 Å². The fraction of sp³-hybridized carbons (Fsp3) is 0.0682. The van der Waals surface area contributed by atoms with Crippen molar-refractivity contribution in [3.63, 3.8) is 0 Å². The Balaban J connectivity index is 1.42. The summed E-state index contributed by atoms with van der Waals surface area (Å²) in [7, 11) is 0. The van der Waals surface area contributed by atoms with E-state index in [-0.39, 0.29) is 0 Å². The summed E-state index contributed by atoms with van der Waals surface area (Å²) < 4.78 is 0. The van der Waals surface area contributed by atoms with Crippen LogP contribution in [-0.4, -0.2) is 4.98 Å². The molecule has 9 rings (SSSR count). The lowest BCUT2D eigenvalue weighted by Gasteiger charge is -2.20. The minimum absolute atomic E-state index is 0.395. The number of fused-ring (bicyclic) bond motifs is 5. The maximum Gasteiger partial charge on any atom is 0.0718 e. The molecule has 7 aromatic carbocycles. The van der Waals surface area contributed by atoms with Gasteiger partial charge in [0.2, 0.25) is 0 Å². The summed E-state index contributed by atoms with van der Waals surface area (Å²) in [6.45, 7) is 4.55. The molecule has 0 aliphatic heterocycles. The van der Waals surface area contributed by atoms with Gasteiger partial charge in [-0.05, 0) is 89.7 Å². The quantitative estimate of drug-likeness (QED) is 0.204. The van der Waals surface area contributed by atoms with Gasteiger partial charge in [0, 0.05) is 10.9 Å². The highest BCUT2D eigenvalue weighted by molar-refractivity contribution is 6.28. The third-order valence-corrected chi connectivity index (χ3v) is 9.57. The fourth-order valence-corrected chi connectivity index (χ4v) is 7.65. The number of rotatable bonds is 4. The monoisotopic (exact) mass is 573 g/mol. The third kappa shape index (κ3) is 3.84. The first kappa shape index (κ1) is 25.9. The molecule has 0 spiro atoms. The molecule has 212 valence electrons. The molecule has 0 N–H and O–H groups in total. The molecule has 0 fully saturated rings. The first-order chi connectivity index (χ1) is 22.2. The molecule has 0 bridgehead atoms. The van der Waals surface area contributed by atoms with Gasteiger partial charge in [0.25, 0.3) is 0 Å². The smallest absolute Gasteiger partial charge is 0.0718 e. The first-order valence-corrected chi connectivity index (χ1v) is 15.8. The van der Waals surface area contributed by atoms with E-state index in [0.717, 1.165) is 11.2 Å². The molecule has 0 saturated heterocycles. The van der Waals surface area contributed by atoms with Crippen LogP contribution < -0.4 is 0 Å². The molecule has 0 unspecified atom stereocenters. The van der Waals surface area contributed by atoms with Crippen LogP contribution in [0.15, 0.2) is 146 Å². The minimum atomic E-state index is 0.395. The lowest BCUT2D eigenvalue weighted by Crippen LogP contribution is -1.95. The van der Waals surface area contributed by atoms with Gasteiger partial charge in [0.1, 0.15) is 0 Å². The largest absolute Gasteiger partial charge is 0.248 e. The van der Waals surface area contributed by atoms with Crippen LogP contribution in [0.2, 0.25) is 0 Å². The maximum absolute atomic E-state index is 5.24. The molecule has 1 heterocycles. The van der Waals surface area contributed by atoms with Gasteiger partial charge in [-0.15, -0.1) is 0 Å². The Labute approximate surface area is 263 Å². The number of nitrogens with zero attached hydrogens (tertiary/aromatic N) is 1. The minimum Gasteiger partial charge on any atom is -0.248 e. The lowest BCUT2D eigenvalue weighted by atomic mass is 9.82. The van der Waals surface area contributed by atoms with Crippen molar-refractivity contribution in [1.29, 1.82) is 0 Å². The van der Waals surface area contributed by atoms with Crippen molar-refractivity contribution in [2.45, 2.75) is 19.8 Å². The Morgan fingerprint density at radius 1 is 0.422 bits per heavy atom.